The molecule has 1 aliphatic carbocycles. The van der Waals surface area contributed by atoms with Crippen molar-refractivity contribution >= 4 is 17.6 Å². The lowest BCUT2D eigenvalue weighted by atomic mass is 9.77. The van der Waals surface area contributed by atoms with Crippen LogP contribution in [0.5, 0.6) is 0 Å². The Morgan fingerprint density at radius 2 is 1.51 bits per heavy atom. The van der Waals surface area contributed by atoms with Crippen LogP contribution in [-0.4, -0.2) is 40.5 Å². The van der Waals surface area contributed by atoms with Crippen molar-refractivity contribution in [2.75, 3.05) is 13.1 Å². The SMILES string of the molecule is O=C(NCCNC(=O)C1CCCC(C(=O)c2ccccc2)C1)c1cn(-c2ccccc2)nc1C(F)(F)F. The average Bonchev–Trinajstić information content (AvgIpc) is 3.38. The molecule has 0 bridgehead atoms. The second-order valence-electron chi connectivity index (χ2n) is 9.01. The molecule has 2 amide bonds. The molecule has 1 aliphatic rings. The molecule has 194 valence electrons. The van der Waals surface area contributed by atoms with Gasteiger partial charge in [0.2, 0.25) is 5.91 Å². The van der Waals surface area contributed by atoms with Crippen molar-refractivity contribution in [1.82, 2.24) is 20.4 Å². The summed E-state index contributed by atoms with van der Waals surface area (Å²) in [7, 11) is 0. The van der Waals surface area contributed by atoms with Crippen LogP contribution >= 0.6 is 0 Å². The van der Waals surface area contributed by atoms with Gasteiger partial charge in [-0.25, -0.2) is 4.68 Å². The highest BCUT2D eigenvalue weighted by atomic mass is 19.4. The van der Waals surface area contributed by atoms with Gasteiger partial charge in [-0.3, -0.25) is 14.4 Å². The maximum Gasteiger partial charge on any atom is 0.435 e. The van der Waals surface area contributed by atoms with E-state index in [0.717, 1.165) is 23.7 Å². The fourth-order valence-corrected chi connectivity index (χ4v) is 4.57. The highest BCUT2D eigenvalue weighted by Gasteiger charge is 2.39. The number of nitrogens with one attached hydrogen (secondary N) is 2. The lowest BCUT2D eigenvalue weighted by Gasteiger charge is -2.27. The number of hydrogen-bond donors (Lipinski definition) is 2. The summed E-state index contributed by atoms with van der Waals surface area (Å²) >= 11 is 0. The molecular formula is C27H27F3N4O3. The Kier molecular flexibility index (Phi) is 8.05. The Balaban J connectivity index is 1.30. The van der Waals surface area contributed by atoms with Crippen molar-refractivity contribution in [3.8, 4) is 5.69 Å². The third-order valence-electron chi connectivity index (χ3n) is 6.43. The van der Waals surface area contributed by atoms with Gasteiger partial charge in [-0.05, 0) is 31.4 Å². The second-order valence-corrected chi connectivity index (χ2v) is 9.01. The summed E-state index contributed by atoms with van der Waals surface area (Å²) in [5.41, 5.74) is -0.868. The number of Topliss-reactive ketones (excluding diaryl/α,β-unsaturated/α-hetero) is 1. The number of halogens is 3. The van der Waals surface area contributed by atoms with Gasteiger partial charge < -0.3 is 10.6 Å². The summed E-state index contributed by atoms with van der Waals surface area (Å²) in [4.78, 5) is 38.0. The van der Waals surface area contributed by atoms with E-state index in [1.54, 1.807) is 54.6 Å². The third-order valence-corrected chi connectivity index (χ3v) is 6.43. The minimum atomic E-state index is -4.81. The minimum absolute atomic E-state index is 0.0295. The number of para-hydroxylation sites is 1. The third kappa shape index (κ3) is 6.44. The summed E-state index contributed by atoms with van der Waals surface area (Å²) in [6.07, 6.45) is -1.19. The predicted octanol–water partition coefficient (Wildman–Crippen LogP) is 4.43. The maximum atomic E-state index is 13.5. The van der Waals surface area contributed by atoms with Gasteiger partial charge in [-0.2, -0.15) is 18.3 Å². The molecule has 2 aromatic carbocycles. The number of aromatic nitrogens is 2. The zero-order valence-corrected chi connectivity index (χ0v) is 20.0. The molecule has 3 aromatic rings. The minimum Gasteiger partial charge on any atom is -0.354 e. The standard InChI is InChI=1S/C27H27F3N4O3/c28-27(29,30)24-22(17-34(33-24)21-12-5-2-6-13-21)26(37)32-15-14-31-25(36)20-11-7-10-19(16-20)23(35)18-8-3-1-4-9-18/h1-6,8-9,12-13,17,19-20H,7,10-11,14-16H2,(H,31,36)(H,32,37). The molecule has 0 saturated heterocycles. The Hall–Kier alpha value is -3.95. The van der Waals surface area contributed by atoms with Crippen LogP contribution in [0.1, 0.15) is 52.1 Å². The van der Waals surface area contributed by atoms with Crippen molar-refractivity contribution in [2.24, 2.45) is 11.8 Å². The van der Waals surface area contributed by atoms with E-state index in [0.29, 0.717) is 24.1 Å². The molecule has 1 fully saturated rings. The van der Waals surface area contributed by atoms with Crippen molar-refractivity contribution in [3.05, 3.63) is 83.7 Å². The molecule has 37 heavy (non-hydrogen) atoms. The zero-order valence-electron chi connectivity index (χ0n) is 20.0. The fourth-order valence-electron chi connectivity index (χ4n) is 4.57. The molecular weight excluding hydrogens is 485 g/mol. The van der Waals surface area contributed by atoms with Crippen molar-refractivity contribution in [1.29, 1.82) is 0 Å². The molecule has 2 unspecified atom stereocenters. The zero-order chi connectivity index (χ0) is 26.4. The van der Waals surface area contributed by atoms with Gasteiger partial charge in [0.25, 0.3) is 5.91 Å². The van der Waals surface area contributed by atoms with Crippen LogP contribution in [-0.2, 0) is 11.0 Å². The van der Waals surface area contributed by atoms with E-state index in [4.69, 9.17) is 0 Å². The Bertz CT molecular complexity index is 1240. The van der Waals surface area contributed by atoms with Gasteiger partial charge >= 0.3 is 6.18 Å². The number of carbonyl (C=O) groups excluding carboxylic acids is 3. The number of ketones is 1. The predicted molar refractivity (Wildman–Crippen MR) is 130 cm³/mol. The molecule has 0 spiro atoms. The summed E-state index contributed by atoms with van der Waals surface area (Å²) < 4.78 is 41.5. The molecule has 1 aromatic heterocycles. The van der Waals surface area contributed by atoms with E-state index in [2.05, 4.69) is 15.7 Å². The molecule has 2 N–H and O–H groups in total. The van der Waals surface area contributed by atoms with E-state index in [1.807, 2.05) is 6.07 Å². The van der Waals surface area contributed by atoms with Crippen LogP contribution in [0, 0.1) is 11.8 Å². The van der Waals surface area contributed by atoms with E-state index in [1.165, 1.54) is 0 Å². The quantitative estimate of drug-likeness (QED) is 0.345. The summed E-state index contributed by atoms with van der Waals surface area (Å²) in [6, 6.07) is 17.2. The first-order chi connectivity index (χ1) is 17.7. The first-order valence-electron chi connectivity index (χ1n) is 12.1. The number of nitrogens with zero attached hydrogens (tertiary/aromatic N) is 2. The number of alkyl halides is 3. The number of amides is 2. The lowest BCUT2D eigenvalue weighted by molar-refractivity contribution is -0.141. The molecule has 1 saturated carbocycles. The number of rotatable bonds is 8. The molecule has 1 heterocycles. The van der Waals surface area contributed by atoms with Crippen LogP contribution < -0.4 is 10.6 Å². The van der Waals surface area contributed by atoms with Crippen LogP contribution in [0.2, 0.25) is 0 Å². The Morgan fingerprint density at radius 1 is 0.892 bits per heavy atom. The van der Waals surface area contributed by atoms with Gasteiger partial charge in [0.05, 0.1) is 11.3 Å². The topological polar surface area (TPSA) is 93.1 Å². The lowest BCUT2D eigenvalue weighted by Crippen LogP contribution is -2.39. The molecule has 2 atom stereocenters. The van der Waals surface area contributed by atoms with Crippen molar-refractivity contribution < 1.29 is 27.6 Å². The normalized spacial score (nSPS) is 17.7. The van der Waals surface area contributed by atoms with Gasteiger partial charge in [0.1, 0.15) is 0 Å². The van der Waals surface area contributed by atoms with Crippen LogP contribution in [0.15, 0.2) is 66.9 Å². The van der Waals surface area contributed by atoms with Gasteiger partial charge in [-0.15, -0.1) is 0 Å². The monoisotopic (exact) mass is 512 g/mol. The Labute approximate surface area is 212 Å². The van der Waals surface area contributed by atoms with E-state index in [9.17, 15) is 27.6 Å². The van der Waals surface area contributed by atoms with Crippen LogP contribution in [0.25, 0.3) is 5.69 Å². The van der Waals surface area contributed by atoms with E-state index in [-0.39, 0.29) is 36.6 Å². The smallest absolute Gasteiger partial charge is 0.354 e. The summed E-state index contributed by atoms with van der Waals surface area (Å²) in [5, 5.41) is 8.72. The largest absolute Gasteiger partial charge is 0.435 e. The van der Waals surface area contributed by atoms with Gasteiger partial charge in [-0.1, -0.05) is 55.0 Å². The molecule has 0 radical (unpaired) electrons. The van der Waals surface area contributed by atoms with Gasteiger partial charge in [0.15, 0.2) is 11.5 Å². The first-order valence-corrected chi connectivity index (χ1v) is 12.1. The van der Waals surface area contributed by atoms with Gasteiger partial charge in [0, 0.05) is 36.7 Å². The van der Waals surface area contributed by atoms with Crippen LogP contribution in [0.4, 0.5) is 13.2 Å². The first kappa shape index (κ1) is 26.1. The number of benzene rings is 2. The molecule has 10 heteroatoms. The van der Waals surface area contributed by atoms with Crippen LogP contribution in [0.3, 0.4) is 0 Å². The summed E-state index contributed by atoms with van der Waals surface area (Å²) in [6.45, 7) is -0.00989. The van der Waals surface area contributed by atoms with E-state index < -0.39 is 23.3 Å². The fraction of sp³-hybridized carbons (Fsp3) is 0.333. The maximum absolute atomic E-state index is 13.5. The Morgan fingerprint density at radius 3 is 2.19 bits per heavy atom. The second kappa shape index (κ2) is 11.4. The summed E-state index contributed by atoms with van der Waals surface area (Å²) in [5.74, 6) is -1.69. The van der Waals surface area contributed by atoms with Crippen molar-refractivity contribution in [3.63, 3.8) is 0 Å². The van der Waals surface area contributed by atoms with Crippen molar-refractivity contribution in [2.45, 2.75) is 31.9 Å². The molecule has 4 rings (SSSR count). The highest BCUT2D eigenvalue weighted by Crippen LogP contribution is 2.32. The number of hydrogen-bond acceptors (Lipinski definition) is 4. The molecule has 7 nitrogen and oxygen atoms in total. The number of carbonyl (C=O) groups is 3. The highest BCUT2D eigenvalue weighted by molar-refractivity contribution is 5.98. The van der Waals surface area contributed by atoms with E-state index >= 15 is 0 Å². The molecule has 0 aliphatic heterocycles. The average molecular weight is 513 g/mol.